The van der Waals surface area contributed by atoms with Crippen LogP contribution in [0.25, 0.3) is 0 Å². The van der Waals surface area contributed by atoms with Crippen LogP contribution in [0, 0.1) is 0 Å². The molecular weight excluding hydrogens is 314 g/mol. The summed E-state index contributed by atoms with van der Waals surface area (Å²) in [5, 5.41) is 4.34. The minimum atomic E-state index is -0.480. The predicted molar refractivity (Wildman–Crippen MR) is 82.8 cm³/mol. The average molecular weight is 331 g/mol. The van der Waals surface area contributed by atoms with Crippen LogP contribution in [0.4, 0.5) is 5.69 Å². The third-order valence-corrected chi connectivity index (χ3v) is 4.55. The zero-order chi connectivity index (χ0) is 15.8. The Balaban J connectivity index is 2.46. The van der Waals surface area contributed by atoms with Gasteiger partial charge in [-0.2, -0.15) is 0 Å². The van der Waals surface area contributed by atoms with Gasteiger partial charge in [0.05, 0.1) is 32.1 Å². The van der Waals surface area contributed by atoms with Crippen molar-refractivity contribution in [1.29, 1.82) is 0 Å². The maximum absolute atomic E-state index is 11.8. The lowest BCUT2D eigenvalue weighted by Gasteiger charge is -2.10. The molecular formula is C13H17NO5S2. The molecule has 0 spiro atoms. The van der Waals surface area contributed by atoms with E-state index in [1.165, 1.54) is 37.3 Å². The minimum absolute atomic E-state index is 0.0225. The van der Waals surface area contributed by atoms with Crippen molar-refractivity contribution >= 4 is 46.6 Å². The smallest absolute Gasteiger partial charge is 0.350 e. The summed E-state index contributed by atoms with van der Waals surface area (Å²) in [5.41, 5.74) is 0.443. The molecule has 0 aliphatic heterocycles. The average Bonchev–Trinajstić information content (AvgIpc) is 2.92. The van der Waals surface area contributed by atoms with Gasteiger partial charge in [0.2, 0.25) is 5.91 Å². The lowest BCUT2D eigenvalue weighted by Crippen LogP contribution is -2.18. The van der Waals surface area contributed by atoms with E-state index in [-0.39, 0.29) is 29.3 Å². The molecule has 0 bridgehead atoms. The number of anilines is 1. The standard InChI is InChI=1S/C13H17NO5S2/c1-8(6-11(16)18-2)21-7-10(15)14-9-4-5-20-12(9)13(17)19-3/h4-5,8H,6-7H2,1-3H3,(H,14,15). The number of esters is 2. The van der Waals surface area contributed by atoms with Crippen LogP contribution in [0.5, 0.6) is 0 Å². The molecule has 0 radical (unpaired) electrons. The lowest BCUT2D eigenvalue weighted by atomic mass is 10.3. The van der Waals surface area contributed by atoms with Gasteiger partial charge in [-0.25, -0.2) is 4.79 Å². The van der Waals surface area contributed by atoms with Crippen LogP contribution in [0.3, 0.4) is 0 Å². The van der Waals surface area contributed by atoms with Gasteiger partial charge in [0, 0.05) is 5.25 Å². The Morgan fingerprint density at radius 2 is 2.05 bits per heavy atom. The second kappa shape index (κ2) is 8.68. The third kappa shape index (κ3) is 5.76. The van der Waals surface area contributed by atoms with Crippen molar-refractivity contribution < 1.29 is 23.9 Å². The van der Waals surface area contributed by atoms with Crippen LogP contribution >= 0.6 is 23.1 Å². The van der Waals surface area contributed by atoms with Crippen molar-refractivity contribution in [3.05, 3.63) is 16.3 Å². The Kier molecular flexibility index (Phi) is 7.24. The largest absolute Gasteiger partial charge is 0.469 e. The maximum Gasteiger partial charge on any atom is 0.350 e. The van der Waals surface area contributed by atoms with E-state index < -0.39 is 5.97 Å². The number of methoxy groups -OCH3 is 2. The molecule has 1 amide bonds. The maximum atomic E-state index is 11.8. The quantitative estimate of drug-likeness (QED) is 0.771. The molecule has 0 aliphatic rings. The number of hydrogen-bond donors (Lipinski definition) is 1. The van der Waals surface area contributed by atoms with E-state index in [0.717, 1.165) is 0 Å². The topological polar surface area (TPSA) is 81.7 Å². The summed E-state index contributed by atoms with van der Waals surface area (Å²) in [5.74, 6) is -0.831. The SMILES string of the molecule is COC(=O)CC(C)SCC(=O)Nc1ccsc1C(=O)OC. The summed E-state index contributed by atoms with van der Waals surface area (Å²) in [4.78, 5) is 34.8. The summed E-state index contributed by atoms with van der Waals surface area (Å²) < 4.78 is 9.20. The zero-order valence-electron chi connectivity index (χ0n) is 12.0. The fourth-order valence-electron chi connectivity index (χ4n) is 1.44. The summed E-state index contributed by atoms with van der Waals surface area (Å²) in [6.07, 6.45) is 0.250. The first-order valence-electron chi connectivity index (χ1n) is 6.12. The summed E-state index contributed by atoms with van der Waals surface area (Å²) in [6.45, 7) is 1.85. The second-order valence-electron chi connectivity index (χ2n) is 4.11. The van der Waals surface area contributed by atoms with Crippen LogP contribution in [-0.2, 0) is 19.1 Å². The summed E-state index contributed by atoms with van der Waals surface area (Å²) in [7, 11) is 2.62. The lowest BCUT2D eigenvalue weighted by molar-refractivity contribution is -0.140. The van der Waals surface area contributed by atoms with Gasteiger partial charge < -0.3 is 14.8 Å². The van der Waals surface area contributed by atoms with Gasteiger partial charge in [-0.3, -0.25) is 9.59 Å². The molecule has 0 fully saturated rings. The van der Waals surface area contributed by atoms with Crippen molar-refractivity contribution in [2.45, 2.75) is 18.6 Å². The van der Waals surface area contributed by atoms with E-state index in [0.29, 0.717) is 10.6 Å². The van der Waals surface area contributed by atoms with E-state index in [1.807, 2.05) is 6.92 Å². The molecule has 1 aromatic rings. The van der Waals surface area contributed by atoms with Crippen LogP contribution in [0.1, 0.15) is 23.0 Å². The van der Waals surface area contributed by atoms with E-state index in [2.05, 4.69) is 14.8 Å². The summed E-state index contributed by atoms with van der Waals surface area (Å²) >= 11 is 2.55. The van der Waals surface area contributed by atoms with Crippen molar-refractivity contribution in [3.63, 3.8) is 0 Å². The Bertz CT molecular complexity index is 514. The molecule has 1 rings (SSSR count). The Morgan fingerprint density at radius 3 is 2.67 bits per heavy atom. The number of ether oxygens (including phenoxy) is 2. The normalized spacial score (nSPS) is 11.6. The Labute approximate surface area is 131 Å². The van der Waals surface area contributed by atoms with Gasteiger partial charge in [-0.05, 0) is 11.4 Å². The van der Waals surface area contributed by atoms with Crippen LogP contribution in [0.15, 0.2) is 11.4 Å². The van der Waals surface area contributed by atoms with E-state index in [4.69, 9.17) is 0 Å². The number of carbonyl (C=O) groups excluding carboxylic acids is 3. The first kappa shape index (κ1) is 17.5. The number of rotatable bonds is 7. The van der Waals surface area contributed by atoms with Gasteiger partial charge in [0.1, 0.15) is 4.88 Å². The zero-order valence-corrected chi connectivity index (χ0v) is 13.6. The molecule has 0 aromatic carbocycles. The Morgan fingerprint density at radius 1 is 1.33 bits per heavy atom. The van der Waals surface area contributed by atoms with Crippen molar-refractivity contribution in [2.75, 3.05) is 25.3 Å². The van der Waals surface area contributed by atoms with Gasteiger partial charge in [-0.1, -0.05) is 6.92 Å². The first-order chi connectivity index (χ1) is 9.97. The monoisotopic (exact) mass is 331 g/mol. The number of carbonyl (C=O) groups is 3. The molecule has 8 heteroatoms. The highest BCUT2D eigenvalue weighted by atomic mass is 32.2. The molecule has 116 valence electrons. The highest BCUT2D eigenvalue weighted by Crippen LogP contribution is 2.23. The van der Waals surface area contributed by atoms with Crippen LogP contribution in [-0.4, -0.2) is 43.1 Å². The Hall–Kier alpha value is -1.54. The number of hydrogen-bond acceptors (Lipinski definition) is 7. The molecule has 0 saturated heterocycles. The fraction of sp³-hybridized carbons (Fsp3) is 0.462. The second-order valence-corrected chi connectivity index (χ2v) is 6.45. The molecule has 1 heterocycles. The van der Waals surface area contributed by atoms with E-state index >= 15 is 0 Å². The van der Waals surface area contributed by atoms with Crippen molar-refractivity contribution in [3.8, 4) is 0 Å². The van der Waals surface area contributed by atoms with Gasteiger partial charge in [0.15, 0.2) is 0 Å². The molecule has 21 heavy (non-hydrogen) atoms. The number of thioether (sulfide) groups is 1. The van der Waals surface area contributed by atoms with Crippen molar-refractivity contribution in [2.24, 2.45) is 0 Å². The highest BCUT2D eigenvalue weighted by Gasteiger charge is 2.16. The van der Waals surface area contributed by atoms with E-state index in [1.54, 1.807) is 11.4 Å². The third-order valence-electron chi connectivity index (χ3n) is 2.49. The molecule has 1 aromatic heterocycles. The van der Waals surface area contributed by atoms with Crippen molar-refractivity contribution in [1.82, 2.24) is 0 Å². The molecule has 1 atom stereocenters. The van der Waals surface area contributed by atoms with Crippen LogP contribution < -0.4 is 5.32 Å². The summed E-state index contributed by atoms with van der Waals surface area (Å²) in [6, 6.07) is 1.65. The van der Waals surface area contributed by atoms with Crippen LogP contribution in [0.2, 0.25) is 0 Å². The highest BCUT2D eigenvalue weighted by molar-refractivity contribution is 8.00. The number of nitrogens with one attached hydrogen (secondary N) is 1. The van der Waals surface area contributed by atoms with Gasteiger partial charge in [-0.15, -0.1) is 23.1 Å². The predicted octanol–water partition coefficient (Wildman–Crippen LogP) is 2.16. The molecule has 1 N–H and O–H groups in total. The fourth-order valence-corrected chi connectivity index (χ4v) is 2.97. The van der Waals surface area contributed by atoms with Gasteiger partial charge >= 0.3 is 11.9 Å². The molecule has 6 nitrogen and oxygen atoms in total. The number of thiophene rings is 1. The molecule has 1 unspecified atom stereocenters. The molecule has 0 aliphatic carbocycles. The number of amides is 1. The van der Waals surface area contributed by atoms with E-state index in [9.17, 15) is 14.4 Å². The minimum Gasteiger partial charge on any atom is -0.469 e. The first-order valence-corrected chi connectivity index (χ1v) is 8.04. The van der Waals surface area contributed by atoms with Gasteiger partial charge in [0.25, 0.3) is 0 Å². The molecule has 0 saturated carbocycles.